The molecule has 1 saturated heterocycles. The highest BCUT2D eigenvalue weighted by Gasteiger charge is 2.30. The maximum atomic E-state index is 11.8. The van der Waals surface area contributed by atoms with Gasteiger partial charge >= 0.3 is 0 Å². The molecule has 3 N–H and O–H groups in total. The molecular weight excluding hydrogens is 234 g/mol. The van der Waals surface area contributed by atoms with Gasteiger partial charge in [-0.1, -0.05) is 0 Å². The molecule has 7 heteroatoms. The number of carbonyl (C=O) groups excluding carboxylic acids is 1. The Hall–Kier alpha value is -1.89. The van der Waals surface area contributed by atoms with E-state index >= 15 is 0 Å². The van der Waals surface area contributed by atoms with Crippen molar-refractivity contribution in [3.63, 3.8) is 0 Å². The number of ether oxygens (including phenoxy) is 1. The van der Waals surface area contributed by atoms with Gasteiger partial charge in [0.2, 0.25) is 5.91 Å². The van der Waals surface area contributed by atoms with Crippen LogP contribution in [0.5, 0.6) is 0 Å². The first-order valence-electron chi connectivity index (χ1n) is 5.79. The number of amides is 1. The fraction of sp³-hybridized carbons (Fsp3) is 0.545. The normalized spacial score (nSPS) is 19.7. The van der Waals surface area contributed by atoms with Crippen LogP contribution in [-0.4, -0.2) is 48.7 Å². The zero-order valence-electron chi connectivity index (χ0n) is 10.5. The molecule has 7 nitrogen and oxygen atoms in total. The van der Waals surface area contributed by atoms with Crippen molar-refractivity contribution in [2.75, 3.05) is 37.4 Å². The van der Waals surface area contributed by atoms with Crippen LogP contribution < -0.4 is 16.0 Å². The van der Waals surface area contributed by atoms with Gasteiger partial charge in [-0.25, -0.2) is 9.97 Å². The smallest absolute Gasteiger partial charge is 0.244 e. The van der Waals surface area contributed by atoms with Crippen molar-refractivity contribution in [3.8, 4) is 0 Å². The van der Waals surface area contributed by atoms with Gasteiger partial charge in [-0.2, -0.15) is 0 Å². The predicted octanol–water partition coefficient (Wildman–Crippen LogP) is -0.682. The average Bonchev–Trinajstić information content (AvgIpc) is 2.36. The molecule has 1 aliphatic rings. The van der Waals surface area contributed by atoms with E-state index in [9.17, 15) is 4.79 Å². The molecule has 1 aromatic heterocycles. The Bertz CT molecular complexity index is 431. The van der Waals surface area contributed by atoms with E-state index < -0.39 is 0 Å². The van der Waals surface area contributed by atoms with Crippen molar-refractivity contribution in [1.29, 1.82) is 0 Å². The van der Waals surface area contributed by atoms with Gasteiger partial charge in [-0.05, 0) is 6.92 Å². The lowest BCUT2D eigenvalue weighted by molar-refractivity contribution is -0.124. The number of rotatable bonds is 2. The summed E-state index contributed by atoms with van der Waals surface area (Å²) in [6.07, 6.45) is 0. The first-order chi connectivity index (χ1) is 8.61. The highest BCUT2D eigenvalue weighted by atomic mass is 16.5. The number of nitrogens with zero attached hydrogens (tertiary/aromatic N) is 3. The lowest BCUT2D eigenvalue weighted by Crippen LogP contribution is -2.53. The third kappa shape index (κ3) is 2.51. The number of nitrogens with one attached hydrogen (secondary N) is 1. The summed E-state index contributed by atoms with van der Waals surface area (Å²) in [4.78, 5) is 22.1. The molecule has 18 heavy (non-hydrogen) atoms. The molecule has 1 unspecified atom stereocenters. The molecule has 98 valence electrons. The number of anilines is 2. The fourth-order valence-electron chi connectivity index (χ4n) is 1.98. The van der Waals surface area contributed by atoms with Crippen LogP contribution in [0, 0.1) is 6.92 Å². The summed E-state index contributed by atoms with van der Waals surface area (Å²) in [5.41, 5.74) is 5.71. The first-order valence-corrected chi connectivity index (χ1v) is 5.79. The minimum atomic E-state index is -0.377. The number of aryl methyl sites for hydroxylation is 1. The maximum absolute atomic E-state index is 11.8. The van der Waals surface area contributed by atoms with Crippen molar-refractivity contribution in [1.82, 2.24) is 15.3 Å². The summed E-state index contributed by atoms with van der Waals surface area (Å²) in [5.74, 6) is 1.56. The van der Waals surface area contributed by atoms with Crippen LogP contribution in [0.1, 0.15) is 5.82 Å². The predicted molar refractivity (Wildman–Crippen MR) is 67.2 cm³/mol. The quantitative estimate of drug-likeness (QED) is 0.723. The minimum Gasteiger partial charge on any atom is -0.384 e. The molecule has 0 aliphatic carbocycles. The van der Waals surface area contributed by atoms with Gasteiger partial charge < -0.3 is 20.7 Å². The Kier molecular flexibility index (Phi) is 3.61. The summed E-state index contributed by atoms with van der Waals surface area (Å²) in [7, 11) is 1.61. The molecule has 0 saturated carbocycles. The van der Waals surface area contributed by atoms with Crippen LogP contribution in [-0.2, 0) is 9.53 Å². The Morgan fingerprint density at radius 1 is 1.61 bits per heavy atom. The summed E-state index contributed by atoms with van der Waals surface area (Å²) < 4.78 is 5.34. The standard InChI is InChI=1S/C11H17N5O2/c1-7-14-9(12)5-10(15-7)16-3-4-18-6-8(16)11(17)13-2/h5,8H,3-4,6H2,1-2H3,(H,13,17)(H2,12,14,15). The number of hydrogen-bond donors (Lipinski definition) is 2. The Balaban J connectivity index is 2.30. The molecule has 1 aliphatic heterocycles. The number of hydrogen-bond acceptors (Lipinski definition) is 6. The van der Waals surface area contributed by atoms with Crippen LogP contribution in [0.4, 0.5) is 11.6 Å². The maximum Gasteiger partial charge on any atom is 0.244 e. The van der Waals surface area contributed by atoms with Crippen LogP contribution >= 0.6 is 0 Å². The third-order valence-electron chi connectivity index (χ3n) is 2.82. The van der Waals surface area contributed by atoms with E-state index in [4.69, 9.17) is 10.5 Å². The summed E-state index contributed by atoms with van der Waals surface area (Å²) in [5, 5.41) is 2.63. The largest absolute Gasteiger partial charge is 0.384 e. The van der Waals surface area contributed by atoms with Crippen LogP contribution in [0.15, 0.2) is 6.07 Å². The van der Waals surface area contributed by atoms with E-state index in [2.05, 4.69) is 15.3 Å². The van der Waals surface area contributed by atoms with Crippen molar-refractivity contribution in [2.24, 2.45) is 0 Å². The molecule has 1 fully saturated rings. The molecular formula is C11H17N5O2. The second kappa shape index (κ2) is 5.18. The Morgan fingerprint density at radius 2 is 2.39 bits per heavy atom. The highest BCUT2D eigenvalue weighted by molar-refractivity contribution is 5.85. The van der Waals surface area contributed by atoms with Gasteiger partial charge in [0.25, 0.3) is 0 Å². The number of aromatic nitrogens is 2. The van der Waals surface area contributed by atoms with Crippen LogP contribution in [0.3, 0.4) is 0 Å². The summed E-state index contributed by atoms with van der Waals surface area (Å²) in [6.45, 7) is 3.29. The van der Waals surface area contributed by atoms with E-state index in [1.807, 2.05) is 4.90 Å². The molecule has 0 spiro atoms. The molecule has 2 rings (SSSR count). The zero-order valence-corrected chi connectivity index (χ0v) is 10.5. The molecule has 0 radical (unpaired) electrons. The fourth-order valence-corrected chi connectivity index (χ4v) is 1.98. The minimum absolute atomic E-state index is 0.0930. The SMILES string of the molecule is CNC(=O)C1COCCN1c1cc(N)nc(C)n1. The van der Waals surface area contributed by atoms with E-state index in [-0.39, 0.29) is 11.9 Å². The molecule has 0 aromatic carbocycles. The second-order valence-electron chi connectivity index (χ2n) is 4.10. The summed E-state index contributed by atoms with van der Waals surface area (Å²) in [6, 6.07) is 1.30. The van der Waals surface area contributed by atoms with Gasteiger partial charge in [-0.3, -0.25) is 4.79 Å². The number of carbonyl (C=O) groups is 1. The van der Waals surface area contributed by atoms with Gasteiger partial charge in [0.05, 0.1) is 13.2 Å². The first kappa shape index (κ1) is 12.6. The lowest BCUT2D eigenvalue weighted by atomic mass is 10.2. The highest BCUT2D eigenvalue weighted by Crippen LogP contribution is 2.19. The Morgan fingerprint density at radius 3 is 3.06 bits per heavy atom. The number of morpholine rings is 1. The van der Waals surface area contributed by atoms with Crippen molar-refractivity contribution in [2.45, 2.75) is 13.0 Å². The van der Waals surface area contributed by atoms with E-state index in [1.165, 1.54) is 0 Å². The monoisotopic (exact) mass is 251 g/mol. The van der Waals surface area contributed by atoms with Crippen molar-refractivity contribution >= 4 is 17.5 Å². The number of nitrogens with two attached hydrogens (primary N) is 1. The average molecular weight is 251 g/mol. The van der Waals surface area contributed by atoms with Crippen molar-refractivity contribution < 1.29 is 9.53 Å². The zero-order chi connectivity index (χ0) is 13.1. The molecule has 0 bridgehead atoms. The second-order valence-corrected chi connectivity index (χ2v) is 4.10. The van der Waals surface area contributed by atoms with E-state index in [0.29, 0.717) is 37.2 Å². The summed E-state index contributed by atoms with van der Waals surface area (Å²) >= 11 is 0. The van der Waals surface area contributed by atoms with Gasteiger partial charge in [0, 0.05) is 19.7 Å². The molecule has 1 atom stereocenters. The number of likely N-dealkylation sites (N-methyl/N-ethyl adjacent to an activating group) is 1. The third-order valence-corrected chi connectivity index (χ3v) is 2.82. The number of nitrogen functional groups attached to an aromatic ring is 1. The molecule has 2 heterocycles. The molecule has 1 amide bonds. The van der Waals surface area contributed by atoms with Crippen molar-refractivity contribution in [3.05, 3.63) is 11.9 Å². The van der Waals surface area contributed by atoms with Gasteiger partial charge in [-0.15, -0.1) is 0 Å². The molecule has 1 aromatic rings. The topological polar surface area (TPSA) is 93.4 Å². The van der Waals surface area contributed by atoms with Gasteiger partial charge in [0.15, 0.2) is 0 Å². The Labute approximate surface area is 105 Å². The van der Waals surface area contributed by atoms with Gasteiger partial charge in [0.1, 0.15) is 23.5 Å². The van der Waals surface area contributed by atoms with Crippen LogP contribution in [0.2, 0.25) is 0 Å². The lowest BCUT2D eigenvalue weighted by Gasteiger charge is -2.35. The van der Waals surface area contributed by atoms with Crippen LogP contribution in [0.25, 0.3) is 0 Å². The van der Waals surface area contributed by atoms with E-state index in [0.717, 1.165) is 0 Å². The van der Waals surface area contributed by atoms with E-state index in [1.54, 1.807) is 20.0 Å².